The molecule has 28 heavy (non-hydrogen) atoms. The van der Waals surface area contributed by atoms with Gasteiger partial charge in [0.1, 0.15) is 5.52 Å². The summed E-state index contributed by atoms with van der Waals surface area (Å²) in [6.45, 7) is 1.11. The van der Waals surface area contributed by atoms with Gasteiger partial charge in [0.05, 0.1) is 22.3 Å². The highest BCUT2D eigenvalue weighted by molar-refractivity contribution is 6.42. The van der Waals surface area contributed by atoms with E-state index in [0.717, 1.165) is 5.56 Å². The number of likely N-dealkylation sites (tertiary alicyclic amines) is 1. The zero-order chi connectivity index (χ0) is 19.8. The number of amides is 1. The summed E-state index contributed by atoms with van der Waals surface area (Å²) in [6.07, 6.45) is 1.14. The monoisotopic (exact) mass is 422 g/mol. The van der Waals surface area contributed by atoms with Crippen molar-refractivity contribution in [1.82, 2.24) is 24.6 Å². The molecule has 0 saturated carbocycles. The number of nitrogens with one attached hydrogen (secondary N) is 2. The Hall–Kier alpha value is -2.78. The molecule has 1 aliphatic rings. The van der Waals surface area contributed by atoms with Gasteiger partial charge in [-0.2, -0.15) is 5.10 Å². The second-order valence-electron chi connectivity index (χ2n) is 6.51. The molecule has 1 aliphatic heterocycles. The number of hydrogen-bond donors (Lipinski definition) is 3. The maximum absolute atomic E-state index is 12.6. The molecule has 0 spiro atoms. The van der Waals surface area contributed by atoms with Crippen molar-refractivity contribution in [2.24, 2.45) is 0 Å². The first kappa shape index (κ1) is 18.6. The summed E-state index contributed by atoms with van der Waals surface area (Å²) in [7, 11) is 0. The van der Waals surface area contributed by atoms with Crippen molar-refractivity contribution in [2.75, 3.05) is 18.4 Å². The van der Waals surface area contributed by atoms with Crippen LogP contribution in [-0.2, 0) is 6.54 Å². The highest BCUT2D eigenvalue weighted by Crippen LogP contribution is 2.24. The Kier molecular flexibility index (Phi) is 4.86. The van der Waals surface area contributed by atoms with Crippen molar-refractivity contribution >= 4 is 46.3 Å². The molecule has 0 bridgehead atoms. The number of aromatic amines is 1. The van der Waals surface area contributed by atoms with E-state index in [4.69, 9.17) is 28.3 Å². The average molecular weight is 423 g/mol. The number of H-pyrrole nitrogens is 1. The number of carboxylic acid groups (broad SMARTS) is 1. The smallest absolute Gasteiger partial charge is 0.407 e. The number of nitrogens with zero attached hydrogens (tertiary/aromatic N) is 4. The summed E-state index contributed by atoms with van der Waals surface area (Å²) >= 11 is 11.9. The fourth-order valence-electron chi connectivity index (χ4n) is 3.28. The van der Waals surface area contributed by atoms with Crippen molar-refractivity contribution < 1.29 is 9.90 Å². The molecular weight excluding hydrogens is 407 g/mol. The predicted octanol–water partition coefficient (Wildman–Crippen LogP) is 2.96. The number of halogens is 2. The first-order valence-corrected chi connectivity index (χ1v) is 9.31. The summed E-state index contributed by atoms with van der Waals surface area (Å²) in [6, 6.07) is 5.07. The highest BCUT2D eigenvalue weighted by Gasteiger charge is 2.29. The molecule has 1 atom stereocenters. The Morgan fingerprint density at radius 3 is 2.89 bits per heavy atom. The normalized spacial score (nSPS) is 16.6. The minimum absolute atomic E-state index is 0.188. The maximum atomic E-state index is 12.6. The first-order valence-electron chi connectivity index (χ1n) is 8.55. The lowest BCUT2D eigenvalue weighted by molar-refractivity contribution is 0.154. The van der Waals surface area contributed by atoms with Crippen LogP contribution in [-0.4, -0.2) is 48.9 Å². The van der Waals surface area contributed by atoms with Gasteiger partial charge in [-0.25, -0.2) is 9.78 Å². The predicted molar refractivity (Wildman–Crippen MR) is 105 cm³/mol. The third-order valence-corrected chi connectivity index (χ3v) is 5.42. The SMILES string of the molecule is O=C(O)N1CCC(n2ncc3nc(NCc4ccc(Cl)c(Cl)c4)[nH]c(=O)c32)C1. The molecule has 2 aromatic heterocycles. The van der Waals surface area contributed by atoms with E-state index in [2.05, 4.69) is 20.4 Å². The van der Waals surface area contributed by atoms with E-state index in [1.165, 1.54) is 11.1 Å². The molecule has 3 aromatic rings. The number of anilines is 1. The summed E-state index contributed by atoms with van der Waals surface area (Å²) in [4.78, 5) is 32.1. The Bertz CT molecular complexity index is 1110. The van der Waals surface area contributed by atoms with Crippen molar-refractivity contribution in [3.05, 3.63) is 50.4 Å². The van der Waals surface area contributed by atoms with E-state index in [9.17, 15) is 9.59 Å². The van der Waals surface area contributed by atoms with Crippen LogP contribution in [0.15, 0.2) is 29.2 Å². The Morgan fingerprint density at radius 1 is 1.36 bits per heavy atom. The van der Waals surface area contributed by atoms with Gasteiger partial charge in [-0.1, -0.05) is 29.3 Å². The molecule has 9 nitrogen and oxygen atoms in total. The minimum atomic E-state index is -0.972. The quantitative estimate of drug-likeness (QED) is 0.594. The number of hydrogen-bond acceptors (Lipinski definition) is 5. The number of benzene rings is 1. The van der Waals surface area contributed by atoms with Gasteiger partial charge in [0.2, 0.25) is 5.95 Å². The van der Waals surface area contributed by atoms with Crippen LogP contribution in [0.25, 0.3) is 11.0 Å². The van der Waals surface area contributed by atoms with Crippen LogP contribution in [0, 0.1) is 0 Å². The number of aromatic nitrogens is 4. The zero-order valence-electron chi connectivity index (χ0n) is 14.5. The summed E-state index contributed by atoms with van der Waals surface area (Å²) in [5.74, 6) is 0.307. The molecule has 0 aliphatic carbocycles. The van der Waals surface area contributed by atoms with Gasteiger partial charge in [0.25, 0.3) is 5.56 Å². The van der Waals surface area contributed by atoms with Crippen molar-refractivity contribution in [1.29, 1.82) is 0 Å². The number of fused-ring (bicyclic) bond motifs is 1. The lowest BCUT2D eigenvalue weighted by atomic mass is 10.2. The van der Waals surface area contributed by atoms with Crippen molar-refractivity contribution in [3.8, 4) is 0 Å². The third kappa shape index (κ3) is 3.50. The molecule has 3 N–H and O–H groups in total. The molecule has 1 amide bonds. The molecule has 146 valence electrons. The molecule has 1 aromatic carbocycles. The topological polar surface area (TPSA) is 116 Å². The second kappa shape index (κ2) is 7.33. The Balaban J connectivity index is 1.55. The fraction of sp³-hybridized carbons (Fsp3) is 0.294. The lowest BCUT2D eigenvalue weighted by Gasteiger charge is -2.13. The van der Waals surface area contributed by atoms with Gasteiger partial charge in [-0.15, -0.1) is 0 Å². The number of carbonyl (C=O) groups is 1. The van der Waals surface area contributed by atoms with Gasteiger partial charge in [0.15, 0.2) is 5.52 Å². The van der Waals surface area contributed by atoms with Crippen LogP contribution in [0.2, 0.25) is 10.0 Å². The molecule has 1 saturated heterocycles. The fourth-order valence-corrected chi connectivity index (χ4v) is 3.60. The summed E-state index contributed by atoms with van der Waals surface area (Å²) < 4.78 is 1.56. The van der Waals surface area contributed by atoms with Crippen molar-refractivity contribution in [3.63, 3.8) is 0 Å². The molecule has 1 fully saturated rings. The molecule has 0 radical (unpaired) electrons. The van der Waals surface area contributed by atoms with Crippen molar-refractivity contribution in [2.45, 2.75) is 19.0 Å². The molecular formula is C17H16Cl2N6O3. The third-order valence-electron chi connectivity index (χ3n) is 4.68. The van der Waals surface area contributed by atoms with Gasteiger partial charge in [0, 0.05) is 19.6 Å². The van der Waals surface area contributed by atoms with Gasteiger partial charge in [-0.3, -0.25) is 14.5 Å². The molecule has 1 unspecified atom stereocenters. The lowest BCUT2D eigenvalue weighted by Crippen LogP contribution is -2.27. The standard InChI is InChI=1S/C17H16Cl2N6O3/c18-11-2-1-9(5-12(11)19)6-20-16-22-13-7-21-25(14(13)15(26)23-16)10-3-4-24(8-10)17(27)28/h1-2,5,7,10H,3-4,6,8H2,(H,27,28)(H2,20,22,23,26). The second-order valence-corrected chi connectivity index (χ2v) is 7.33. The van der Waals surface area contributed by atoms with E-state index in [0.29, 0.717) is 53.1 Å². The van der Waals surface area contributed by atoms with E-state index >= 15 is 0 Å². The number of rotatable bonds is 4. The van der Waals surface area contributed by atoms with Crippen LogP contribution < -0.4 is 10.9 Å². The molecule has 4 rings (SSSR count). The van der Waals surface area contributed by atoms with Gasteiger partial charge < -0.3 is 15.3 Å². The average Bonchev–Trinajstić information content (AvgIpc) is 3.29. The van der Waals surface area contributed by atoms with E-state index in [1.807, 2.05) is 6.07 Å². The van der Waals surface area contributed by atoms with Gasteiger partial charge >= 0.3 is 6.09 Å². The van der Waals surface area contributed by atoms with E-state index in [-0.39, 0.29) is 11.6 Å². The van der Waals surface area contributed by atoms with Crippen LogP contribution in [0.4, 0.5) is 10.7 Å². The Morgan fingerprint density at radius 2 is 2.18 bits per heavy atom. The molecule has 3 heterocycles. The minimum Gasteiger partial charge on any atom is -0.465 e. The first-order chi connectivity index (χ1) is 13.4. The van der Waals surface area contributed by atoms with E-state index in [1.54, 1.807) is 16.8 Å². The van der Waals surface area contributed by atoms with Crippen LogP contribution in [0.5, 0.6) is 0 Å². The van der Waals surface area contributed by atoms with Crippen LogP contribution in [0.3, 0.4) is 0 Å². The molecule has 11 heteroatoms. The van der Waals surface area contributed by atoms with Gasteiger partial charge in [-0.05, 0) is 24.1 Å². The van der Waals surface area contributed by atoms with Crippen LogP contribution in [0.1, 0.15) is 18.0 Å². The highest BCUT2D eigenvalue weighted by atomic mass is 35.5. The van der Waals surface area contributed by atoms with E-state index < -0.39 is 6.09 Å². The largest absolute Gasteiger partial charge is 0.465 e. The Labute approximate surface area is 168 Å². The summed E-state index contributed by atoms with van der Waals surface area (Å²) in [5, 5.41) is 17.3. The maximum Gasteiger partial charge on any atom is 0.407 e. The summed E-state index contributed by atoms with van der Waals surface area (Å²) in [5.41, 5.74) is 1.31. The zero-order valence-corrected chi connectivity index (χ0v) is 16.0. The van der Waals surface area contributed by atoms with Crippen LogP contribution >= 0.6 is 23.2 Å².